The number of carbonyl (C=O) groups excluding carboxylic acids is 1. The highest BCUT2D eigenvalue weighted by Gasteiger charge is 2.13. The SMILES string of the molecule is COc1ccc(Cc2nn3c(C=O)c(C)nc3s2)cc1. The van der Waals surface area contributed by atoms with E-state index in [4.69, 9.17) is 4.74 Å². The Morgan fingerprint density at radius 1 is 1.35 bits per heavy atom. The molecule has 0 radical (unpaired) electrons. The molecule has 102 valence electrons. The van der Waals surface area contributed by atoms with E-state index in [1.807, 2.05) is 31.2 Å². The molecule has 3 rings (SSSR count). The largest absolute Gasteiger partial charge is 0.497 e. The van der Waals surface area contributed by atoms with Crippen molar-refractivity contribution >= 4 is 22.6 Å². The van der Waals surface area contributed by atoms with E-state index in [1.165, 1.54) is 11.3 Å². The van der Waals surface area contributed by atoms with Crippen LogP contribution >= 0.6 is 11.3 Å². The number of aryl methyl sites for hydroxylation is 1. The first-order chi connectivity index (χ1) is 9.71. The molecule has 0 bridgehead atoms. The van der Waals surface area contributed by atoms with Gasteiger partial charge in [0.05, 0.1) is 12.8 Å². The Labute approximate surface area is 119 Å². The van der Waals surface area contributed by atoms with Crippen LogP contribution in [-0.4, -0.2) is 28.0 Å². The van der Waals surface area contributed by atoms with Gasteiger partial charge in [-0.2, -0.15) is 9.61 Å². The highest BCUT2D eigenvalue weighted by molar-refractivity contribution is 7.16. The maximum absolute atomic E-state index is 11.0. The molecule has 2 heterocycles. The third-order valence-electron chi connectivity index (χ3n) is 3.09. The molecular weight excluding hydrogens is 274 g/mol. The summed E-state index contributed by atoms with van der Waals surface area (Å²) in [6.07, 6.45) is 1.52. The Bertz CT molecular complexity index is 759. The third-order valence-corrected chi connectivity index (χ3v) is 4.00. The summed E-state index contributed by atoms with van der Waals surface area (Å²) in [7, 11) is 1.65. The predicted molar refractivity (Wildman–Crippen MR) is 76.8 cm³/mol. The van der Waals surface area contributed by atoms with Crippen LogP contribution in [0.15, 0.2) is 24.3 Å². The number of hydrogen-bond donors (Lipinski definition) is 0. The van der Waals surface area contributed by atoms with Gasteiger partial charge in [0, 0.05) is 6.42 Å². The summed E-state index contributed by atoms with van der Waals surface area (Å²) in [5.41, 5.74) is 2.39. The lowest BCUT2D eigenvalue weighted by molar-refractivity contribution is 0.111. The maximum Gasteiger partial charge on any atom is 0.213 e. The lowest BCUT2D eigenvalue weighted by Crippen LogP contribution is -1.95. The number of imidazole rings is 1. The minimum absolute atomic E-state index is 0.525. The zero-order chi connectivity index (χ0) is 14.1. The van der Waals surface area contributed by atoms with Crippen molar-refractivity contribution in [1.82, 2.24) is 14.6 Å². The zero-order valence-electron chi connectivity index (χ0n) is 11.2. The van der Waals surface area contributed by atoms with Gasteiger partial charge in [0.2, 0.25) is 4.96 Å². The van der Waals surface area contributed by atoms with Gasteiger partial charge >= 0.3 is 0 Å². The van der Waals surface area contributed by atoms with E-state index < -0.39 is 0 Å². The fourth-order valence-electron chi connectivity index (χ4n) is 2.03. The van der Waals surface area contributed by atoms with Crippen LogP contribution in [0.5, 0.6) is 5.75 Å². The number of hydrogen-bond acceptors (Lipinski definition) is 5. The second-order valence-electron chi connectivity index (χ2n) is 4.42. The molecule has 0 aliphatic rings. The third kappa shape index (κ3) is 2.18. The van der Waals surface area contributed by atoms with E-state index in [9.17, 15) is 4.79 Å². The summed E-state index contributed by atoms with van der Waals surface area (Å²) in [4.78, 5) is 16.1. The molecule has 0 N–H and O–H groups in total. The van der Waals surface area contributed by atoms with Crippen molar-refractivity contribution in [3.8, 4) is 5.75 Å². The number of aldehydes is 1. The van der Waals surface area contributed by atoms with Gasteiger partial charge in [0.25, 0.3) is 0 Å². The molecule has 1 aromatic carbocycles. The maximum atomic E-state index is 11.0. The van der Waals surface area contributed by atoms with Crippen LogP contribution in [0.3, 0.4) is 0 Å². The summed E-state index contributed by atoms with van der Waals surface area (Å²) < 4.78 is 6.75. The molecule has 3 aromatic rings. The summed E-state index contributed by atoms with van der Waals surface area (Å²) in [5, 5.41) is 5.38. The molecule has 0 aliphatic heterocycles. The van der Waals surface area contributed by atoms with E-state index in [0.717, 1.165) is 39.7 Å². The summed E-state index contributed by atoms with van der Waals surface area (Å²) in [6.45, 7) is 1.81. The molecule has 2 aromatic heterocycles. The molecule has 20 heavy (non-hydrogen) atoms. The first-order valence-corrected chi connectivity index (χ1v) is 6.96. The molecule has 0 atom stereocenters. The second kappa shape index (κ2) is 5.05. The van der Waals surface area contributed by atoms with E-state index in [2.05, 4.69) is 10.1 Å². The lowest BCUT2D eigenvalue weighted by atomic mass is 10.1. The van der Waals surface area contributed by atoms with Crippen molar-refractivity contribution in [2.75, 3.05) is 7.11 Å². The van der Waals surface area contributed by atoms with Gasteiger partial charge in [-0.05, 0) is 24.6 Å². The first-order valence-electron chi connectivity index (χ1n) is 6.14. The Morgan fingerprint density at radius 2 is 2.10 bits per heavy atom. The molecule has 0 saturated heterocycles. The van der Waals surface area contributed by atoms with Crippen LogP contribution in [0.1, 0.15) is 26.8 Å². The van der Waals surface area contributed by atoms with Crippen molar-refractivity contribution < 1.29 is 9.53 Å². The Morgan fingerprint density at radius 3 is 2.75 bits per heavy atom. The highest BCUT2D eigenvalue weighted by Crippen LogP contribution is 2.21. The molecule has 0 fully saturated rings. The number of methoxy groups -OCH3 is 1. The summed E-state index contributed by atoms with van der Waals surface area (Å²) in [5.74, 6) is 0.835. The number of fused-ring (bicyclic) bond motifs is 1. The standard InChI is InChI=1S/C14H13N3O2S/c1-9-12(8-18)17-14(15-9)20-13(16-17)7-10-3-5-11(19-2)6-4-10/h3-6,8H,7H2,1-2H3. The van der Waals surface area contributed by atoms with Gasteiger partial charge < -0.3 is 4.74 Å². The van der Waals surface area contributed by atoms with E-state index in [1.54, 1.807) is 11.6 Å². The minimum Gasteiger partial charge on any atom is -0.497 e. The Kier molecular flexibility index (Phi) is 3.23. The average molecular weight is 287 g/mol. The highest BCUT2D eigenvalue weighted by atomic mass is 32.1. The van der Waals surface area contributed by atoms with Crippen LogP contribution in [0.2, 0.25) is 0 Å². The van der Waals surface area contributed by atoms with Gasteiger partial charge in [-0.3, -0.25) is 4.79 Å². The van der Waals surface area contributed by atoms with Crippen molar-refractivity contribution in [3.63, 3.8) is 0 Å². The lowest BCUT2D eigenvalue weighted by Gasteiger charge is -2.01. The number of carbonyl (C=O) groups is 1. The first kappa shape index (κ1) is 12.8. The Hall–Kier alpha value is -2.21. The van der Waals surface area contributed by atoms with E-state index >= 15 is 0 Å². The van der Waals surface area contributed by atoms with Crippen LogP contribution in [0.25, 0.3) is 4.96 Å². The van der Waals surface area contributed by atoms with Crippen LogP contribution in [0, 0.1) is 6.92 Å². The summed E-state index contributed by atoms with van der Waals surface area (Å²) >= 11 is 1.50. The van der Waals surface area contributed by atoms with Crippen molar-refractivity contribution in [3.05, 3.63) is 46.2 Å². The number of rotatable bonds is 4. The number of aromatic nitrogens is 3. The smallest absolute Gasteiger partial charge is 0.213 e. The fourth-order valence-corrected chi connectivity index (χ4v) is 3.01. The molecular formula is C14H13N3O2S. The van der Waals surface area contributed by atoms with E-state index in [-0.39, 0.29) is 0 Å². The molecule has 5 nitrogen and oxygen atoms in total. The molecule has 0 saturated carbocycles. The van der Waals surface area contributed by atoms with Crippen LogP contribution in [-0.2, 0) is 6.42 Å². The number of nitrogens with zero attached hydrogens (tertiary/aromatic N) is 3. The zero-order valence-corrected chi connectivity index (χ0v) is 12.0. The van der Waals surface area contributed by atoms with Gasteiger partial charge in [-0.15, -0.1) is 0 Å². The molecule has 0 amide bonds. The second-order valence-corrected chi connectivity index (χ2v) is 5.46. The van der Waals surface area contributed by atoms with Gasteiger partial charge in [-0.25, -0.2) is 4.98 Å². The quantitative estimate of drug-likeness (QED) is 0.692. The van der Waals surface area contributed by atoms with Crippen molar-refractivity contribution in [2.45, 2.75) is 13.3 Å². The minimum atomic E-state index is 0.525. The summed E-state index contributed by atoms with van der Waals surface area (Å²) in [6, 6.07) is 7.87. The fraction of sp³-hybridized carbons (Fsp3) is 0.214. The Balaban J connectivity index is 1.90. The molecule has 0 spiro atoms. The van der Waals surface area contributed by atoms with Crippen molar-refractivity contribution in [2.24, 2.45) is 0 Å². The van der Waals surface area contributed by atoms with Gasteiger partial charge in [-0.1, -0.05) is 23.5 Å². The molecule has 0 unspecified atom stereocenters. The van der Waals surface area contributed by atoms with Crippen molar-refractivity contribution in [1.29, 1.82) is 0 Å². The van der Waals surface area contributed by atoms with Crippen LogP contribution in [0.4, 0.5) is 0 Å². The van der Waals surface area contributed by atoms with E-state index in [0.29, 0.717) is 5.69 Å². The topological polar surface area (TPSA) is 56.5 Å². The van der Waals surface area contributed by atoms with Gasteiger partial charge in [0.15, 0.2) is 6.29 Å². The molecule has 0 aliphatic carbocycles. The predicted octanol–water partition coefficient (Wildman–Crippen LogP) is 2.51. The van der Waals surface area contributed by atoms with Gasteiger partial charge in [0.1, 0.15) is 16.5 Å². The average Bonchev–Trinajstić information content (AvgIpc) is 2.95. The number of ether oxygens (including phenoxy) is 1. The molecule has 6 heteroatoms. The number of benzene rings is 1. The van der Waals surface area contributed by atoms with Crippen LogP contribution < -0.4 is 4.74 Å². The normalized spacial score (nSPS) is 10.9. The monoisotopic (exact) mass is 287 g/mol.